The second-order valence-corrected chi connectivity index (χ2v) is 10.7. The molecule has 0 heterocycles. The molecule has 0 aliphatic carbocycles. The summed E-state index contributed by atoms with van der Waals surface area (Å²) in [6.45, 7) is 0. The van der Waals surface area contributed by atoms with Crippen LogP contribution in [0.4, 0.5) is 0 Å². The van der Waals surface area contributed by atoms with Gasteiger partial charge in [0, 0.05) is 35.1 Å². The van der Waals surface area contributed by atoms with Gasteiger partial charge in [0.15, 0.2) is 24.8 Å². The lowest BCUT2D eigenvalue weighted by Gasteiger charge is -2.11. The van der Waals surface area contributed by atoms with Crippen LogP contribution in [0.25, 0.3) is 12.2 Å². The average molecular weight is 501 g/mol. The van der Waals surface area contributed by atoms with Crippen LogP contribution >= 0.6 is 0 Å². The molecule has 0 saturated heterocycles. The first kappa shape index (κ1) is 25.9. The van der Waals surface area contributed by atoms with E-state index in [1.165, 1.54) is 52.7 Å². The second-order valence-electron chi connectivity index (χ2n) is 6.58. The van der Waals surface area contributed by atoms with Crippen LogP contribution in [0.15, 0.2) is 35.1 Å². The average Bonchev–Trinajstić information content (AvgIpc) is 2.75. The highest BCUT2D eigenvalue weighted by Crippen LogP contribution is 2.36. The van der Waals surface area contributed by atoms with Crippen molar-refractivity contribution in [3.05, 3.63) is 46.2 Å². The van der Waals surface area contributed by atoms with E-state index >= 15 is 0 Å². The van der Waals surface area contributed by atoms with Crippen molar-refractivity contribution in [1.29, 1.82) is 0 Å². The molecular weight excluding hydrogens is 476 g/mol. The quantitative estimate of drug-likeness (QED) is 0.499. The van der Waals surface area contributed by atoms with Crippen molar-refractivity contribution < 1.29 is 46.0 Å². The van der Waals surface area contributed by atoms with Crippen LogP contribution in [0.3, 0.4) is 0 Å². The van der Waals surface area contributed by atoms with Gasteiger partial charge in [-0.25, -0.2) is 16.8 Å². The number of hydrogen-bond acceptors (Lipinski definition) is 10. The van der Waals surface area contributed by atoms with Crippen LogP contribution < -0.4 is 18.9 Å². The van der Waals surface area contributed by atoms with Crippen LogP contribution in [0.5, 0.6) is 34.5 Å². The summed E-state index contributed by atoms with van der Waals surface area (Å²) in [7, 11) is -3.19. The van der Waals surface area contributed by atoms with E-state index in [9.17, 15) is 27.0 Å². The van der Waals surface area contributed by atoms with E-state index in [0.717, 1.165) is 23.0 Å². The third kappa shape index (κ3) is 6.80. The van der Waals surface area contributed by atoms with Crippen LogP contribution in [0.1, 0.15) is 11.1 Å². The number of phenols is 2. The summed E-state index contributed by atoms with van der Waals surface area (Å²) in [5.41, 5.74) is 0.403. The van der Waals surface area contributed by atoms with E-state index in [0.29, 0.717) is 0 Å². The maximum atomic E-state index is 12.5. The predicted molar refractivity (Wildman–Crippen MR) is 123 cm³/mol. The summed E-state index contributed by atoms with van der Waals surface area (Å²) in [6.07, 6.45) is 2.25. The van der Waals surface area contributed by atoms with Crippen molar-refractivity contribution in [2.45, 2.75) is 0 Å². The Kier molecular flexibility index (Phi) is 8.23. The van der Waals surface area contributed by atoms with E-state index < -0.39 is 24.8 Å². The molecule has 2 aromatic rings. The Morgan fingerprint density at radius 3 is 1.15 bits per heavy atom. The monoisotopic (exact) mass is 500 g/mol. The third-order valence-corrected chi connectivity index (χ3v) is 8.00. The lowest BCUT2D eigenvalue weighted by atomic mass is 10.1. The summed E-state index contributed by atoms with van der Waals surface area (Å²) in [5, 5.41) is 19.6. The molecule has 33 heavy (non-hydrogen) atoms. The van der Waals surface area contributed by atoms with Crippen molar-refractivity contribution in [2.24, 2.45) is 0 Å². The summed E-state index contributed by atoms with van der Waals surface area (Å²) in [5.74, 6) is 0.216. The molecule has 0 bridgehead atoms. The van der Waals surface area contributed by atoms with E-state index in [1.54, 1.807) is 0 Å². The van der Waals surface area contributed by atoms with Crippen LogP contribution in [-0.4, -0.2) is 60.6 Å². The SMILES string of the molecule is COc1cc(O)cc(OC)c1/C=C\S(=O)(=O)CS(=O)(=O)/C=C/c1c(OC)cc(O)cc1OC. The fraction of sp³-hybridized carbons (Fsp3) is 0.238. The van der Waals surface area contributed by atoms with Gasteiger partial charge in [-0.3, -0.25) is 0 Å². The van der Waals surface area contributed by atoms with Gasteiger partial charge in [0.1, 0.15) is 34.5 Å². The number of sulfone groups is 2. The Morgan fingerprint density at radius 2 is 0.909 bits per heavy atom. The van der Waals surface area contributed by atoms with E-state index in [-0.39, 0.29) is 45.6 Å². The minimum atomic E-state index is -4.24. The van der Waals surface area contributed by atoms with Crippen molar-refractivity contribution >= 4 is 31.8 Å². The molecule has 2 N–H and O–H groups in total. The topological polar surface area (TPSA) is 146 Å². The first-order chi connectivity index (χ1) is 15.4. The maximum Gasteiger partial charge on any atom is 0.186 e. The number of methoxy groups -OCH3 is 4. The van der Waals surface area contributed by atoms with Crippen molar-refractivity contribution in [2.75, 3.05) is 33.5 Å². The van der Waals surface area contributed by atoms with E-state index in [4.69, 9.17) is 18.9 Å². The molecule has 180 valence electrons. The minimum Gasteiger partial charge on any atom is -0.508 e. The third-order valence-electron chi connectivity index (χ3n) is 4.27. The minimum absolute atomic E-state index is 0.132. The van der Waals surface area contributed by atoms with Crippen molar-refractivity contribution in [1.82, 2.24) is 0 Å². The number of rotatable bonds is 10. The van der Waals surface area contributed by atoms with Gasteiger partial charge in [-0.05, 0) is 12.2 Å². The molecule has 0 aliphatic rings. The first-order valence-electron chi connectivity index (χ1n) is 9.17. The van der Waals surface area contributed by atoms with Gasteiger partial charge in [0.05, 0.1) is 39.6 Å². The van der Waals surface area contributed by atoms with E-state index in [2.05, 4.69) is 0 Å². The summed E-state index contributed by atoms with van der Waals surface area (Å²) in [6, 6.07) is 5.03. The fourth-order valence-corrected chi connectivity index (χ4v) is 5.98. The Labute approximate surface area is 192 Å². The van der Waals surface area contributed by atoms with Crippen LogP contribution in [0, 0.1) is 0 Å². The van der Waals surface area contributed by atoms with Gasteiger partial charge in [-0.1, -0.05) is 0 Å². The molecule has 0 amide bonds. The molecule has 12 heteroatoms. The maximum absolute atomic E-state index is 12.5. The Bertz CT molecular complexity index is 1130. The van der Waals surface area contributed by atoms with Crippen molar-refractivity contribution in [3.8, 4) is 34.5 Å². The second kappa shape index (κ2) is 10.5. The lowest BCUT2D eigenvalue weighted by molar-refractivity contribution is 0.383. The highest BCUT2D eigenvalue weighted by atomic mass is 32.3. The number of hydrogen-bond donors (Lipinski definition) is 2. The molecule has 2 aromatic carbocycles. The highest BCUT2D eigenvalue weighted by Gasteiger charge is 2.20. The molecular formula is C21H24O10S2. The number of ether oxygens (including phenoxy) is 4. The Morgan fingerprint density at radius 1 is 0.636 bits per heavy atom. The van der Waals surface area contributed by atoms with Gasteiger partial charge in [-0.2, -0.15) is 0 Å². The number of benzene rings is 2. The molecule has 0 aromatic heterocycles. The van der Waals surface area contributed by atoms with Gasteiger partial charge < -0.3 is 29.2 Å². The molecule has 0 atom stereocenters. The standard InChI is InChI=1S/C21H24O10S2/c1-28-18-9-14(22)10-19(29-2)16(18)5-7-32(24,25)13-33(26,27)8-6-17-20(30-3)11-15(23)12-21(17)31-4/h5-12,22-23H,13H2,1-4H3/b7-5-,8-6+. The summed E-state index contributed by atoms with van der Waals surface area (Å²) in [4.78, 5) is 0. The smallest absolute Gasteiger partial charge is 0.186 e. The van der Waals surface area contributed by atoms with E-state index in [1.807, 2.05) is 0 Å². The number of phenolic OH excluding ortho intramolecular Hbond substituents is 2. The zero-order chi connectivity index (χ0) is 24.8. The Balaban J connectivity index is 2.34. The fourth-order valence-electron chi connectivity index (χ4n) is 2.83. The molecule has 0 radical (unpaired) electrons. The van der Waals surface area contributed by atoms with Gasteiger partial charge in [0.2, 0.25) is 0 Å². The Hall–Kier alpha value is -3.38. The summed E-state index contributed by atoms with van der Waals surface area (Å²) < 4.78 is 70.4. The van der Waals surface area contributed by atoms with Crippen LogP contribution in [-0.2, 0) is 19.7 Å². The molecule has 0 unspecified atom stereocenters. The zero-order valence-electron chi connectivity index (χ0n) is 18.3. The van der Waals surface area contributed by atoms with Crippen LogP contribution in [0.2, 0.25) is 0 Å². The molecule has 0 spiro atoms. The molecule has 0 saturated carbocycles. The van der Waals surface area contributed by atoms with Gasteiger partial charge in [0.25, 0.3) is 0 Å². The molecule has 0 aliphatic heterocycles. The van der Waals surface area contributed by atoms with Gasteiger partial charge >= 0.3 is 0 Å². The first-order valence-corrected chi connectivity index (χ1v) is 12.6. The van der Waals surface area contributed by atoms with Gasteiger partial charge in [-0.15, -0.1) is 0 Å². The molecule has 0 fully saturated rings. The largest absolute Gasteiger partial charge is 0.508 e. The lowest BCUT2D eigenvalue weighted by Crippen LogP contribution is -2.12. The molecule has 2 rings (SSSR count). The molecule has 10 nitrogen and oxygen atoms in total. The highest BCUT2D eigenvalue weighted by molar-refractivity contribution is 8.10. The van der Waals surface area contributed by atoms with Crippen molar-refractivity contribution in [3.63, 3.8) is 0 Å². The zero-order valence-corrected chi connectivity index (χ0v) is 19.9. The predicted octanol–water partition coefficient (Wildman–Crippen LogP) is 2.56. The summed E-state index contributed by atoms with van der Waals surface area (Å²) >= 11 is 0. The number of aromatic hydroxyl groups is 2. The normalized spacial score (nSPS) is 12.2.